The first-order chi connectivity index (χ1) is 5.77. The molecule has 0 aromatic heterocycles. The molecule has 1 heterocycles. The molecule has 0 atom stereocenters. The maximum atomic E-state index is 10.9. The SMILES string of the molecule is O=C1C=C2C=CCN=C2CC1=O. The highest BCUT2D eigenvalue weighted by atomic mass is 16.2. The van der Waals surface area contributed by atoms with Gasteiger partial charge in [-0.2, -0.15) is 0 Å². The zero-order chi connectivity index (χ0) is 8.55. The van der Waals surface area contributed by atoms with E-state index in [4.69, 9.17) is 0 Å². The Morgan fingerprint density at radius 3 is 3.00 bits per heavy atom. The molecule has 1 aliphatic carbocycles. The molecule has 0 spiro atoms. The third-order valence-electron chi connectivity index (χ3n) is 1.91. The minimum absolute atomic E-state index is 0.176. The smallest absolute Gasteiger partial charge is 0.222 e. The number of fused-ring (bicyclic) bond motifs is 1. The van der Waals surface area contributed by atoms with Crippen LogP contribution in [0.2, 0.25) is 0 Å². The van der Waals surface area contributed by atoms with Crippen LogP contribution < -0.4 is 0 Å². The summed E-state index contributed by atoms with van der Waals surface area (Å²) in [5.41, 5.74) is 1.55. The van der Waals surface area contributed by atoms with Gasteiger partial charge in [0, 0.05) is 0 Å². The van der Waals surface area contributed by atoms with Crippen LogP contribution >= 0.6 is 0 Å². The molecule has 0 amide bonds. The summed E-state index contributed by atoms with van der Waals surface area (Å²) in [6.45, 7) is 0.619. The Morgan fingerprint density at radius 2 is 2.17 bits per heavy atom. The molecular formula is C9H7NO2. The predicted molar refractivity (Wildman–Crippen MR) is 44.2 cm³/mol. The minimum atomic E-state index is -0.407. The second kappa shape index (κ2) is 2.52. The van der Waals surface area contributed by atoms with Crippen molar-refractivity contribution < 1.29 is 9.59 Å². The van der Waals surface area contributed by atoms with Gasteiger partial charge in [-0.25, -0.2) is 0 Å². The summed E-state index contributed by atoms with van der Waals surface area (Å²) in [5, 5.41) is 0. The van der Waals surface area contributed by atoms with Crippen LogP contribution in [-0.2, 0) is 9.59 Å². The molecule has 2 rings (SSSR count). The van der Waals surface area contributed by atoms with Crippen molar-refractivity contribution in [3.8, 4) is 0 Å². The third kappa shape index (κ3) is 1.03. The van der Waals surface area contributed by atoms with Crippen molar-refractivity contribution in [2.24, 2.45) is 4.99 Å². The summed E-state index contributed by atoms with van der Waals surface area (Å²) < 4.78 is 0. The van der Waals surface area contributed by atoms with Gasteiger partial charge in [0.15, 0.2) is 0 Å². The van der Waals surface area contributed by atoms with E-state index in [2.05, 4.69) is 4.99 Å². The van der Waals surface area contributed by atoms with Crippen molar-refractivity contribution in [1.29, 1.82) is 0 Å². The van der Waals surface area contributed by atoms with E-state index in [9.17, 15) is 9.59 Å². The predicted octanol–water partition coefficient (Wildman–Crippen LogP) is 0.465. The third-order valence-corrected chi connectivity index (χ3v) is 1.91. The summed E-state index contributed by atoms with van der Waals surface area (Å²) in [4.78, 5) is 26.0. The van der Waals surface area contributed by atoms with Gasteiger partial charge >= 0.3 is 0 Å². The zero-order valence-electron chi connectivity index (χ0n) is 6.41. The van der Waals surface area contributed by atoms with E-state index in [1.165, 1.54) is 6.08 Å². The molecule has 12 heavy (non-hydrogen) atoms. The van der Waals surface area contributed by atoms with E-state index in [0.717, 1.165) is 11.3 Å². The molecule has 0 aromatic carbocycles. The van der Waals surface area contributed by atoms with Gasteiger partial charge in [-0.3, -0.25) is 14.6 Å². The Labute approximate surface area is 69.5 Å². The van der Waals surface area contributed by atoms with Crippen molar-refractivity contribution in [2.75, 3.05) is 6.54 Å². The maximum absolute atomic E-state index is 10.9. The molecule has 0 saturated carbocycles. The van der Waals surface area contributed by atoms with Gasteiger partial charge in [0.05, 0.1) is 18.7 Å². The monoisotopic (exact) mass is 161 g/mol. The average molecular weight is 161 g/mol. The van der Waals surface area contributed by atoms with Gasteiger partial charge in [-0.05, 0) is 11.6 Å². The standard InChI is InChI=1S/C9H7NO2/c11-8-4-6-2-1-3-10-7(6)5-9(8)12/h1-2,4H,3,5H2. The fraction of sp³-hybridized carbons (Fsp3) is 0.222. The number of hydrogen-bond donors (Lipinski definition) is 0. The molecule has 0 saturated heterocycles. The van der Waals surface area contributed by atoms with Crippen LogP contribution in [0.1, 0.15) is 6.42 Å². The molecule has 3 nitrogen and oxygen atoms in total. The van der Waals surface area contributed by atoms with Crippen molar-refractivity contribution in [3.05, 3.63) is 23.8 Å². The van der Waals surface area contributed by atoms with E-state index in [1.807, 2.05) is 12.2 Å². The highest BCUT2D eigenvalue weighted by Crippen LogP contribution is 2.15. The van der Waals surface area contributed by atoms with Gasteiger partial charge < -0.3 is 0 Å². The number of carbonyl (C=O) groups excluding carboxylic acids is 2. The lowest BCUT2D eigenvalue weighted by Gasteiger charge is -2.13. The maximum Gasteiger partial charge on any atom is 0.222 e. The average Bonchev–Trinajstić information content (AvgIpc) is 2.07. The molecule has 3 heteroatoms. The van der Waals surface area contributed by atoms with Crippen LogP contribution in [0.4, 0.5) is 0 Å². The fourth-order valence-electron chi connectivity index (χ4n) is 1.28. The first kappa shape index (κ1) is 7.16. The minimum Gasteiger partial charge on any atom is -0.290 e. The van der Waals surface area contributed by atoms with Gasteiger partial charge in [-0.15, -0.1) is 0 Å². The summed E-state index contributed by atoms with van der Waals surface area (Å²) >= 11 is 0. The quantitative estimate of drug-likeness (QED) is 0.485. The van der Waals surface area contributed by atoms with Crippen LogP contribution in [-0.4, -0.2) is 23.8 Å². The Kier molecular flexibility index (Phi) is 1.50. The van der Waals surface area contributed by atoms with Crippen molar-refractivity contribution in [1.82, 2.24) is 0 Å². The van der Waals surface area contributed by atoms with Crippen molar-refractivity contribution >= 4 is 17.3 Å². The number of dihydropyridines is 1. The topological polar surface area (TPSA) is 46.5 Å². The first-order valence-electron chi connectivity index (χ1n) is 3.76. The Bertz CT molecular complexity index is 348. The summed E-state index contributed by atoms with van der Waals surface area (Å²) in [7, 11) is 0. The number of Topliss-reactive ketones (excluding diaryl/α,β-unsaturated/α-hetero) is 1. The van der Waals surface area contributed by atoms with Crippen LogP contribution in [0.25, 0.3) is 0 Å². The van der Waals surface area contributed by atoms with Crippen LogP contribution in [0.15, 0.2) is 28.8 Å². The van der Waals surface area contributed by atoms with Crippen molar-refractivity contribution in [2.45, 2.75) is 6.42 Å². The van der Waals surface area contributed by atoms with Crippen molar-refractivity contribution in [3.63, 3.8) is 0 Å². The molecule has 0 aromatic rings. The van der Waals surface area contributed by atoms with Gasteiger partial charge in [0.2, 0.25) is 11.6 Å². The van der Waals surface area contributed by atoms with E-state index < -0.39 is 5.78 Å². The number of nitrogens with zero attached hydrogens (tertiary/aromatic N) is 1. The van der Waals surface area contributed by atoms with E-state index in [-0.39, 0.29) is 12.2 Å². The van der Waals surface area contributed by atoms with Crippen LogP contribution in [0.3, 0.4) is 0 Å². The normalized spacial score (nSPS) is 21.7. The lowest BCUT2D eigenvalue weighted by atomic mass is 9.94. The molecule has 2 aliphatic rings. The second-order valence-electron chi connectivity index (χ2n) is 2.75. The molecule has 0 bridgehead atoms. The Morgan fingerprint density at radius 1 is 1.33 bits per heavy atom. The summed E-state index contributed by atoms with van der Waals surface area (Å²) in [5.74, 6) is -0.761. The summed E-state index contributed by atoms with van der Waals surface area (Å²) in [6, 6.07) is 0. The number of rotatable bonds is 0. The summed E-state index contributed by atoms with van der Waals surface area (Å²) in [6.07, 6.45) is 5.25. The lowest BCUT2D eigenvalue weighted by Crippen LogP contribution is -2.24. The van der Waals surface area contributed by atoms with Gasteiger partial charge in [-0.1, -0.05) is 12.2 Å². The molecule has 0 fully saturated rings. The number of hydrogen-bond acceptors (Lipinski definition) is 3. The van der Waals surface area contributed by atoms with Gasteiger partial charge in [0.25, 0.3) is 0 Å². The number of aliphatic imine (C=N–C) groups is 1. The fourth-order valence-corrected chi connectivity index (χ4v) is 1.28. The van der Waals surface area contributed by atoms with Crippen LogP contribution in [0.5, 0.6) is 0 Å². The highest BCUT2D eigenvalue weighted by molar-refractivity contribution is 6.48. The molecule has 0 radical (unpaired) electrons. The Balaban J connectivity index is 2.44. The van der Waals surface area contributed by atoms with E-state index >= 15 is 0 Å². The zero-order valence-corrected chi connectivity index (χ0v) is 6.41. The molecular weight excluding hydrogens is 154 g/mol. The van der Waals surface area contributed by atoms with Crippen LogP contribution in [0, 0.1) is 0 Å². The number of carbonyl (C=O) groups is 2. The largest absolute Gasteiger partial charge is 0.290 e. The Hall–Kier alpha value is -1.51. The number of allylic oxidation sites excluding steroid dienone is 3. The lowest BCUT2D eigenvalue weighted by molar-refractivity contribution is -0.133. The number of ketones is 2. The molecule has 0 unspecified atom stereocenters. The van der Waals surface area contributed by atoms with E-state index in [0.29, 0.717) is 6.54 Å². The van der Waals surface area contributed by atoms with E-state index in [1.54, 1.807) is 0 Å². The van der Waals surface area contributed by atoms with Gasteiger partial charge in [0.1, 0.15) is 0 Å². The molecule has 0 N–H and O–H groups in total. The second-order valence-corrected chi connectivity index (χ2v) is 2.75. The first-order valence-corrected chi connectivity index (χ1v) is 3.76. The molecule has 1 aliphatic heterocycles. The molecule has 60 valence electrons. The highest BCUT2D eigenvalue weighted by Gasteiger charge is 2.23.